The van der Waals surface area contributed by atoms with E-state index in [1.807, 2.05) is 48.5 Å². The van der Waals surface area contributed by atoms with Crippen molar-refractivity contribution >= 4 is 23.1 Å². The molecule has 1 amide bonds. The molecule has 1 aliphatic heterocycles. The molecule has 0 saturated carbocycles. The quantitative estimate of drug-likeness (QED) is 0.490. The van der Waals surface area contributed by atoms with Crippen LogP contribution in [0.25, 0.3) is 0 Å². The number of anilines is 3. The van der Waals surface area contributed by atoms with E-state index in [9.17, 15) is 4.79 Å². The number of benzene rings is 2. The zero-order chi connectivity index (χ0) is 19.5. The Bertz CT molecular complexity index is 1020. The van der Waals surface area contributed by atoms with E-state index >= 15 is 0 Å². The Hall–Kier alpha value is -3.74. The molecular formula is C21H20N4O3. The van der Waals surface area contributed by atoms with Crippen LogP contribution in [0.4, 0.5) is 17.2 Å². The summed E-state index contributed by atoms with van der Waals surface area (Å²) in [6, 6.07) is 15.5. The number of ether oxygens (including phenoxy) is 2. The Kier molecular flexibility index (Phi) is 4.72. The summed E-state index contributed by atoms with van der Waals surface area (Å²) >= 11 is 0. The molecule has 0 spiro atoms. The summed E-state index contributed by atoms with van der Waals surface area (Å²) in [7, 11) is 3.17. The van der Waals surface area contributed by atoms with Crippen LogP contribution in [0.2, 0.25) is 0 Å². The van der Waals surface area contributed by atoms with Crippen molar-refractivity contribution in [2.45, 2.75) is 6.54 Å². The highest BCUT2D eigenvalue weighted by Gasteiger charge is 2.28. The van der Waals surface area contributed by atoms with Crippen LogP contribution in [0, 0.1) is 0 Å². The lowest BCUT2D eigenvalue weighted by molar-refractivity contribution is 0.0963. The van der Waals surface area contributed by atoms with Crippen molar-refractivity contribution in [3.63, 3.8) is 0 Å². The maximum Gasteiger partial charge on any atom is 0.254 e. The van der Waals surface area contributed by atoms with E-state index in [0.29, 0.717) is 46.5 Å². The number of hydrogen-bond donors (Lipinski definition) is 3. The molecular weight excluding hydrogens is 356 g/mol. The minimum atomic E-state index is -0.257. The van der Waals surface area contributed by atoms with Crippen LogP contribution in [-0.2, 0) is 6.54 Å². The highest BCUT2D eigenvalue weighted by Crippen LogP contribution is 2.49. The van der Waals surface area contributed by atoms with Crippen molar-refractivity contribution in [2.24, 2.45) is 0 Å². The molecule has 0 radical (unpaired) electrons. The van der Waals surface area contributed by atoms with Gasteiger partial charge in [0.2, 0.25) is 0 Å². The molecule has 2 heterocycles. The highest BCUT2D eigenvalue weighted by atomic mass is 16.5. The van der Waals surface area contributed by atoms with Gasteiger partial charge in [0.05, 0.1) is 12.7 Å². The van der Waals surface area contributed by atoms with Crippen molar-refractivity contribution in [3.05, 3.63) is 65.9 Å². The summed E-state index contributed by atoms with van der Waals surface area (Å²) in [6.07, 6.45) is 1.53. The minimum Gasteiger partial charge on any atom is -0.494 e. The average Bonchev–Trinajstić information content (AvgIpc) is 2.75. The molecule has 3 N–H and O–H groups in total. The van der Waals surface area contributed by atoms with Gasteiger partial charge in [0, 0.05) is 19.8 Å². The van der Waals surface area contributed by atoms with Gasteiger partial charge in [-0.1, -0.05) is 36.4 Å². The molecule has 2 aromatic carbocycles. The van der Waals surface area contributed by atoms with Gasteiger partial charge in [0.25, 0.3) is 5.91 Å². The Morgan fingerprint density at radius 1 is 1.14 bits per heavy atom. The van der Waals surface area contributed by atoms with Crippen molar-refractivity contribution in [1.82, 2.24) is 10.3 Å². The zero-order valence-electron chi connectivity index (χ0n) is 15.6. The summed E-state index contributed by atoms with van der Waals surface area (Å²) in [5.41, 5.74) is 2.71. The smallest absolute Gasteiger partial charge is 0.254 e. The Morgan fingerprint density at radius 3 is 2.71 bits per heavy atom. The molecule has 4 rings (SSSR count). The molecule has 7 heteroatoms. The fourth-order valence-electron chi connectivity index (χ4n) is 3.06. The molecule has 0 aliphatic carbocycles. The standard InChI is InChI=1S/C21H20N4O3/c1-22-21(26)14-12-24-20(23-11-13-7-4-3-5-8-13)19-17(14)25-18-15(27-2)9-6-10-16(18)28-19/h3-10,12,25H,11H2,1-2H3,(H,22,26)(H,23,24). The van der Waals surface area contributed by atoms with Gasteiger partial charge in [-0.2, -0.15) is 0 Å². The molecule has 1 aromatic heterocycles. The van der Waals surface area contributed by atoms with E-state index in [4.69, 9.17) is 9.47 Å². The maximum atomic E-state index is 12.3. The summed E-state index contributed by atoms with van der Waals surface area (Å²) < 4.78 is 11.5. The Labute approximate surface area is 162 Å². The molecule has 0 fully saturated rings. The van der Waals surface area contributed by atoms with E-state index in [-0.39, 0.29) is 5.91 Å². The van der Waals surface area contributed by atoms with Gasteiger partial charge in [0.1, 0.15) is 17.1 Å². The molecule has 3 aromatic rings. The summed E-state index contributed by atoms with van der Waals surface area (Å²) in [5, 5.41) is 9.22. The normalized spacial score (nSPS) is 11.4. The van der Waals surface area contributed by atoms with Crippen LogP contribution in [0.5, 0.6) is 17.2 Å². The molecule has 0 atom stereocenters. The highest BCUT2D eigenvalue weighted by molar-refractivity contribution is 6.03. The average molecular weight is 376 g/mol. The zero-order valence-corrected chi connectivity index (χ0v) is 15.6. The molecule has 1 aliphatic rings. The topological polar surface area (TPSA) is 84.5 Å². The second-order valence-electron chi connectivity index (χ2n) is 6.20. The van der Waals surface area contributed by atoms with Crippen LogP contribution in [0.3, 0.4) is 0 Å². The number of amides is 1. The number of pyridine rings is 1. The number of hydrogen-bond acceptors (Lipinski definition) is 6. The first-order valence-electron chi connectivity index (χ1n) is 8.86. The van der Waals surface area contributed by atoms with E-state index < -0.39 is 0 Å². The number of methoxy groups -OCH3 is 1. The molecule has 0 saturated heterocycles. The van der Waals surface area contributed by atoms with E-state index in [0.717, 1.165) is 5.56 Å². The van der Waals surface area contributed by atoms with Crippen molar-refractivity contribution in [3.8, 4) is 17.2 Å². The summed E-state index contributed by atoms with van der Waals surface area (Å²) in [4.78, 5) is 16.8. The van der Waals surface area contributed by atoms with Crippen LogP contribution >= 0.6 is 0 Å². The number of nitrogens with zero attached hydrogens (tertiary/aromatic N) is 1. The van der Waals surface area contributed by atoms with Gasteiger partial charge in [-0.25, -0.2) is 4.98 Å². The number of rotatable bonds is 5. The fourth-order valence-corrected chi connectivity index (χ4v) is 3.06. The third kappa shape index (κ3) is 3.18. The molecule has 0 unspecified atom stereocenters. The van der Waals surface area contributed by atoms with Gasteiger partial charge in [-0.3, -0.25) is 4.79 Å². The van der Waals surface area contributed by atoms with E-state index in [2.05, 4.69) is 20.9 Å². The van der Waals surface area contributed by atoms with Crippen LogP contribution in [0.1, 0.15) is 15.9 Å². The van der Waals surface area contributed by atoms with Crippen molar-refractivity contribution in [2.75, 3.05) is 24.8 Å². The van der Waals surface area contributed by atoms with E-state index in [1.165, 1.54) is 6.20 Å². The lowest BCUT2D eigenvalue weighted by Crippen LogP contribution is -2.21. The summed E-state index contributed by atoms with van der Waals surface area (Å²) in [5.74, 6) is 1.99. The second-order valence-corrected chi connectivity index (χ2v) is 6.20. The van der Waals surface area contributed by atoms with Crippen LogP contribution in [-0.4, -0.2) is 25.0 Å². The first kappa shape index (κ1) is 17.7. The first-order chi connectivity index (χ1) is 13.7. The van der Waals surface area contributed by atoms with Gasteiger partial charge >= 0.3 is 0 Å². The number of carbonyl (C=O) groups excluding carboxylic acids is 1. The van der Waals surface area contributed by atoms with Gasteiger partial charge in [-0.15, -0.1) is 0 Å². The number of nitrogens with one attached hydrogen (secondary N) is 3. The molecule has 0 bridgehead atoms. The first-order valence-corrected chi connectivity index (χ1v) is 8.86. The Morgan fingerprint density at radius 2 is 1.96 bits per heavy atom. The fraction of sp³-hybridized carbons (Fsp3) is 0.143. The lowest BCUT2D eigenvalue weighted by Gasteiger charge is -2.26. The number of carbonyl (C=O) groups is 1. The molecule has 28 heavy (non-hydrogen) atoms. The molecule has 142 valence electrons. The van der Waals surface area contributed by atoms with Crippen molar-refractivity contribution in [1.29, 1.82) is 0 Å². The van der Waals surface area contributed by atoms with Crippen molar-refractivity contribution < 1.29 is 14.3 Å². The number of aromatic nitrogens is 1. The predicted octanol–water partition coefficient (Wildman–Crippen LogP) is 3.91. The predicted molar refractivity (Wildman–Crippen MR) is 108 cm³/mol. The number of para-hydroxylation sites is 1. The number of fused-ring (bicyclic) bond motifs is 2. The van der Waals surface area contributed by atoms with Crippen LogP contribution in [0.15, 0.2) is 54.7 Å². The Balaban J connectivity index is 1.74. The lowest BCUT2D eigenvalue weighted by atomic mass is 10.1. The maximum absolute atomic E-state index is 12.3. The third-order valence-corrected chi connectivity index (χ3v) is 4.48. The largest absolute Gasteiger partial charge is 0.494 e. The summed E-state index contributed by atoms with van der Waals surface area (Å²) in [6.45, 7) is 0.577. The minimum absolute atomic E-state index is 0.257. The van der Waals surface area contributed by atoms with Gasteiger partial charge in [-0.05, 0) is 17.7 Å². The monoisotopic (exact) mass is 376 g/mol. The van der Waals surface area contributed by atoms with E-state index in [1.54, 1.807) is 14.2 Å². The second kappa shape index (κ2) is 7.48. The SMILES string of the molecule is CNC(=O)c1cnc(NCc2ccccc2)c2c1Nc1c(OC)cccc1O2. The van der Waals surface area contributed by atoms with Gasteiger partial charge < -0.3 is 25.4 Å². The third-order valence-electron chi connectivity index (χ3n) is 4.48. The molecule has 7 nitrogen and oxygen atoms in total. The van der Waals surface area contributed by atoms with Crippen LogP contribution < -0.4 is 25.4 Å². The van der Waals surface area contributed by atoms with Gasteiger partial charge in [0.15, 0.2) is 17.3 Å².